The third-order valence-electron chi connectivity index (χ3n) is 10.7. The maximum atomic E-state index is 14.1. The summed E-state index contributed by atoms with van der Waals surface area (Å²) in [6, 6.07) is -0.252. The molecule has 4 rings (SSSR count). The fourth-order valence-corrected chi connectivity index (χ4v) is 9.02. The number of ketones is 1. The minimum Gasteiger partial charge on any atom is -0.344 e. The van der Waals surface area contributed by atoms with Gasteiger partial charge in [-0.05, 0) is 54.9 Å². The summed E-state index contributed by atoms with van der Waals surface area (Å²) in [5, 5.41) is 21.5. The van der Waals surface area contributed by atoms with Crippen molar-refractivity contribution in [1.29, 1.82) is 0 Å². The Morgan fingerprint density at radius 2 is 1.47 bits per heavy atom. The Hall–Kier alpha value is -6.08. The van der Waals surface area contributed by atoms with Crippen molar-refractivity contribution in [2.45, 2.75) is 120 Å². The van der Waals surface area contributed by atoms with Crippen LogP contribution in [0.15, 0.2) is 47.2 Å². The molecule has 1 aromatic carbocycles. The van der Waals surface area contributed by atoms with Crippen molar-refractivity contribution in [3.05, 3.63) is 59.1 Å². The number of benzene rings is 1. The van der Waals surface area contributed by atoms with E-state index in [0.29, 0.717) is 35.6 Å². The molecule has 68 heavy (non-hydrogen) atoms. The molecule has 0 bridgehead atoms. The van der Waals surface area contributed by atoms with Crippen molar-refractivity contribution in [3.8, 4) is 0 Å². The van der Waals surface area contributed by atoms with Crippen LogP contribution in [-0.2, 0) is 38.8 Å². The molecular weight excluding hydrogens is 956 g/mol. The first-order chi connectivity index (χ1) is 32.2. The lowest BCUT2D eigenvalue weighted by molar-refractivity contribution is -0.141. The minimum absolute atomic E-state index is 0.0180. The number of sulfonamides is 1. The number of hydrogen-bond donors (Lipinski definition) is 7. The highest BCUT2D eigenvalue weighted by molar-refractivity contribution is 7.92. The van der Waals surface area contributed by atoms with Gasteiger partial charge in [0.2, 0.25) is 35.1 Å². The lowest BCUT2D eigenvalue weighted by Crippen LogP contribution is -2.60. The van der Waals surface area contributed by atoms with E-state index in [1.165, 1.54) is 42.9 Å². The molecule has 1 unspecified atom stereocenters. The van der Waals surface area contributed by atoms with Crippen LogP contribution in [-0.4, -0.2) is 113 Å². The van der Waals surface area contributed by atoms with Crippen molar-refractivity contribution in [1.82, 2.24) is 51.5 Å². The van der Waals surface area contributed by atoms with Gasteiger partial charge in [0.25, 0.3) is 38.0 Å². The maximum absolute atomic E-state index is 14.1. The van der Waals surface area contributed by atoms with Crippen molar-refractivity contribution < 1.29 is 55.6 Å². The highest BCUT2D eigenvalue weighted by Gasteiger charge is 2.37. The van der Waals surface area contributed by atoms with Crippen LogP contribution in [0.1, 0.15) is 106 Å². The molecule has 7 N–H and O–H groups in total. The molecular formula is C42H54ClF2N11O10S2. The third kappa shape index (κ3) is 16.9. The monoisotopic (exact) mass is 1010 g/mol. The van der Waals surface area contributed by atoms with E-state index in [1.807, 2.05) is 19.2 Å². The normalized spacial score (nSPS) is 15.2. The molecule has 3 aromatic rings. The van der Waals surface area contributed by atoms with Crippen LogP contribution in [0.25, 0.3) is 0 Å². The van der Waals surface area contributed by atoms with Crippen molar-refractivity contribution in [3.63, 3.8) is 0 Å². The molecule has 1 saturated carbocycles. The highest BCUT2D eigenvalue weighted by Crippen LogP contribution is 2.28. The second-order valence-corrected chi connectivity index (χ2v) is 19.8. The molecule has 1 aliphatic carbocycles. The first kappa shape index (κ1) is 54.5. The average Bonchev–Trinajstić information content (AvgIpc) is 3.78. The largest absolute Gasteiger partial charge is 0.344 e. The smallest absolute Gasteiger partial charge is 0.293 e. The van der Waals surface area contributed by atoms with Crippen molar-refractivity contribution >= 4 is 85.2 Å². The zero-order valence-electron chi connectivity index (χ0n) is 37.6. The summed E-state index contributed by atoms with van der Waals surface area (Å²) in [4.78, 5) is 114. The summed E-state index contributed by atoms with van der Waals surface area (Å²) >= 11 is 6.21. The Balaban J connectivity index is 1.43. The van der Waals surface area contributed by atoms with Crippen molar-refractivity contribution in [2.24, 2.45) is 17.8 Å². The molecule has 2 aromatic heterocycles. The standard InChI is InChI=1S/C42H54ClF2N11O10S2/c1-5-23(4)33(52-37(61)28(17-22(2)3)50-38(62)30-20-46-15-16-47-30)39(63)51-29(18-24-9-7-6-8-10-24)36(60)49-27(19-31(44)45)34(58)40(64)48-21-32(57)56-68(65,66)42-55-54-41(67-42)53-35(59)25-11-13-26(43)14-12-25/h11-16,20,22-24,27-29,31,33H,5-10,17-19,21H2,1-4H3,(H,48,64)(H,49,60)(H,50,62)(H,51,63)(H,52,61)(H,56,57)(H,53,54,59)/t23-,27-,28-,29-,33?/m0/s1. The molecule has 5 atom stereocenters. The first-order valence-corrected chi connectivity index (χ1v) is 24.4. The number of anilines is 1. The number of aromatic nitrogens is 4. The maximum Gasteiger partial charge on any atom is 0.293 e. The number of carbonyl (C=O) groups is 8. The summed E-state index contributed by atoms with van der Waals surface area (Å²) in [6.07, 6.45) is 3.82. The topological polar surface area (TPSA) is 306 Å². The summed E-state index contributed by atoms with van der Waals surface area (Å²) < 4.78 is 54.3. The number of amides is 7. The second kappa shape index (κ2) is 25.9. The zero-order valence-corrected chi connectivity index (χ0v) is 39.9. The fourth-order valence-electron chi connectivity index (χ4n) is 7.01. The van der Waals surface area contributed by atoms with Gasteiger partial charge >= 0.3 is 0 Å². The summed E-state index contributed by atoms with van der Waals surface area (Å²) in [6.45, 7) is 5.95. The van der Waals surface area contributed by atoms with E-state index in [-0.39, 0.29) is 41.1 Å². The summed E-state index contributed by atoms with van der Waals surface area (Å²) in [5.74, 6) is -9.27. The van der Waals surface area contributed by atoms with Crippen LogP contribution in [0.3, 0.4) is 0 Å². The van der Waals surface area contributed by atoms with Gasteiger partial charge in [-0.25, -0.2) is 18.5 Å². The Morgan fingerprint density at radius 3 is 2.09 bits per heavy atom. The molecule has 0 aliphatic heterocycles. The van der Waals surface area contributed by atoms with Crippen LogP contribution in [0, 0.1) is 17.8 Å². The average molecular weight is 1010 g/mol. The van der Waals surface area contributed by atoms with Crippen LogP contribution >= 0.6 is 22.9 Å². The van der Waals surface area contributed by atoms with Crippen LogP contribution in [0.2, 0.25) is 5.02 Å². The van der Waals surface area contributed by atoms with Gasteiger partial charge in [0.1, 0.15) is 29.9 Å². The van der Waals surface area contributed by atoms with Crippen LogP contribution < -0.4 is 36.6 Å². The number of alkyl halides is 2. The number of nitrogens with zero attached hydrogens (tertiary/aromatic N) is 4. The number of Topliss-reactive ketones (excluding diaryl/α,β-unsaturated/α-hetero) is 1. The Kier molecular flexibility index (Phi) is 20.8. The first-order valence-electron chi connectivity index (χ1n) is 21.7. The molecule has 370 valence electrons. The molecule has 0 radical (unpaired) electrons. The van der Waals surface area contributed by atoms with Gasteiger partial charge < -0.3 is 26.6 Å². The Morgan fingerprint density at radius 1 is 0.809 bits per heavy atom. The third-order valence-corrected chi connectivity index (χ3v) is 13.6. The Bertz CT molecular complexity index is 2370. The van der Waals surface area contributed by atoms with Gasteiger partial charge in [0.15, 0.2) is 0 Å². The number of carbonyl (C=O) groups excluding carboxylic acids is 8. The summed E-state index contributed by atoms with van der Waals surface area (Å²) in [7, 11) is -4.73. The van der Waals surface area contributed by atoms with Gasteiger partial charge in [0.05, 0.1) is 12.7 Å². The van der Waals surface area contributed by atoms with Gasteiger partial charge in [-0.15, -0.1) is 10.2 Å². The van der Waals surface area contributed by atoms with Crippen LogP contribution in [0.4, 0.5) is 13.9 Å². The van der Waals surface area contributed by atoms with Crippen LogP contribution in [0.5, 0.6) is 0 Å². The molecule has 0 spiro atoms. The van der Waals surface area contributed by atoms with Gasteiger partial charge in [-0.2, -0.15) is 8.42 Å². The van der Waals surface area contributed by atoms with E-state index in [0.717, 1.165) is 19.3 Å². The van der Waals surface area contributed by atoms with Gasteiger partial charge in [-0.3, -0.25) is 48.7 Å². The lowest BCUT2D eigenvalue weighted by Gasteiger charge is -2.31. The molecule has 7 amide bonds. The molecule has 26 heteroatoms. The van der Waals surface area contributed by atoms with E-state index in [2.05, 4.69) is 46.7 Å². The highest BCUT2D eigenvalue weighted by atomic mass is 35.5. The fraction of sp³-hybridized carbons (Fsp3) is 0.524. The molecule has 1 aliphatic rings. The number of halogens is 3. The quantitative estimate of drug-likeness (QED) is 0.0502. The van der Waals surface area contributed by atoms with E-state index < -0.39 is 111 Å². The van der Waals surface area contributed by atoms with Gasteiger partial charge in [-0.1, -0.05) is 89.2 Å². The van der Waals surface area contributed by atoms with Crippen molar-refractivity contribution in [2.75, 3.05) is 11.9 Å². The SMILES string of the molecule is CC[C@H](C)C(NC(=O)[C@H](CC(C)C)NC(=O)c1cnccn1)C(=O)N[C@@H](CC1CCCCC1)C(=O)N[C@@H](CC(F)F)C(=O)C(=O)NCC(=O)NS(=O)(=O)c1nnc(NC(=O)c2ccc(Cl)cc2)s1. The van der Waals surface area contributed by atoms with Gasteiger partial charge in [0, 0.05) is 29.4 Å². The number of nitrogens with one attached hydrogen (secondary N) is 7. The van der Waals surface area contributed by atoms with E-state index in [9.17, 15) is 55.6 Å². The minimum atomic E-state index is -4.73. The van der Waals surface area contributed by atoms with E-state index in [1.54, 1.807) is 18.6 Å². The number of rotatable bonds is 24. The molecule has 2 heterocycles. The predicted molar refractivity (Wildman–Crippen MR) is 242 cm³/mol. The molecule has 1 fully saturated rings. The van der Waals surface area contributed by atoms with E-state index in [4.69, 9.17) is 11.6 Å². The molecule has 0 saturated heterocycles. The second-order valence-electron chi connectivity index (χ2n) is 16.5. The molecule has 21 nitrogen and oxygen atoms in total. The zero-order chi connectivity index (χ0) is 50.1. The Labute approximate surface area is 400 Å². The summed E-state index contributed by atoms with van der Waals surface area (Å²) in [5.41, 5.74) is 0.124. The predicted octanol–water partition coefficient (Wildman–Crippen LogP) is 2.69. The lowest BCUT2D eigenvalue weighted by atomic mass is 9.84. The number of hydrogen-bond acceptors (Lipinski definition) is 15. The van der Waals surface area contributed by atoms with E-state index >= 15 is 0 Å².